The standard InChI is InChI=1S/C23H22F6N2O2/c1-13(15-8-16(22(24,25)26)10-17(9-15)23(27,28)29)31(2)20(32)33-21-11-18(21)12-30-19(21)14-6-4-3-5-7-14/h3-10,13,18-19,30H,11-12H2,1-2H3/t13-,18?,19-,21+/m0/s1. The maximum absolute atomic E-state index is 13.2. The fraction of sp³-hybridized carbons (Fsp3) is 0.435. The summed E-state index contributed by atoms with van der Waals surface area (Å²) in [6, 6.07) is 9.41. The molecule has 2 aromatic rings. The molecule has 4 atom stereocenters. The molecule has 4 rings (SSSR count). The number of hydrogen-bond donors (Lipinski definition) is 1. The number of alkyl halides is 6. The van der Waals surface area contributed by atoms with E-state index in [4.69, 9.17) is 4.74 Å². The van der Waals surface area contributed by atoms with Crippen LogP contribution in [0.1, 0.15) is 47.7 Å². The van der Waals surface area contributed by atoms with Crippen molar-refractivity contribution in [1.29, 1.82) is 0 Å². The highest BCUT2D eigenvalue weighted by Crippen LogP contribution is 2.58. The van der Waals surface area contributed by atoms with E-state index in [0.29, 0.717) is 25.1 Å². The Bertz CT molecular complexity index is 1010. The van der Waals surface area contributed by atoms with Crippen LogP contribution in [0.4, 0.5) is 31.1 Å². The Balaban J connectivity index is 1.56. The highest BCUT2D eigenvalue weighted by molar-refractivity contribution is 5.69. The van der Waals surface area contributed by atoms with Crippen molar-refractivity contribution in [2.45, 2.75) is 43.4 Å². The Kier molecular flexibility index (Phi) is 5.63. The van der Waals surface area contributed by atoms with Crippen LogP contribution in [0.5, 0.6) is 0 Å². The van der Waals surface area contributed by atoms with Crippen molar-refractivity contribution < 1.29 is 35.9 Å². The van der Waals surface area contributed by atoms with E-state index in [1.54, 1.807) is 0 Å². The van der Waals surface area contributed by atoms with Crippen LogP contribution >= 0.6 is 0 Å². The molecule has 33 heavy (non-hydrogen) atoms. The van der Waals surface area contributed by atoms with Crippen LogP contribution in [0.15, 0.2) is 48.5 Å². The van der Waals surface area contributed by atoms with Gasteiger partial charge in [0.25, 0.3) is 0 Å². The number of nitrogens with one attached hydrogen (secondary N) is 1. The summed E-state index contributed by atoms with van der Waals surface area (Å²) in [7, 11) is 1.30. The minimum absolute atomic E-state index is 0.0664. The van der Waals surface area contributed by atoms with E-state index < -0.39 is 41.2 Å². The van der Waals surface area contributed by atoms with Crippen molar-refractivity contribution in [3.8, 4) is 0 Å². The van der Waals surface area contributed by atoms with Crippen LogP contribution in [-0.2, 0) is 17.1 Å². The fourth-order valence-electron chi connectivity index (χ4n) is 4.42. The highest BCUT2D eigenvalue weighted by atomic mass is 19.4. The van der Waals surface area contributed by atoms with Gasteiger partial charge in [-0.1, -0.05) is 30.3 Å². The summed E-state index contributed by atoms with van der Waals surface area (Å²) in [6.07, 6.45) is -10.1. The van der Waals surface area contributed by atoms with Gasteiger partial charge in [0.2, 0.25) is 0 Å². The Morgan fingerprint density at radius 2 is 1.64 bits per heavy atom. The molecule has 1 N–H and O–H groups in total. The molecule has 1 saturated heterocycles. The van der Waals surface area contributed by atoms with Crippen LogP contribution in [0.25, 0.3) is 0 Å². The molecule has 2 fully saturated rings. The normalized spacial score (nSPS) is 25.3. The number of piperidine rings is 1. The van der Waals surface area contributed by atoms with Gasteiger partial charge in [-0.3, -0.25) is 0 Å². The van der Waals surface area contributed by atoms with Gasteiger partial charge >= 0.3 is 18.4 Å². The van der Waals surface area contributed by atoms with Crippen LogP contribution in [0.2, 0.25) is 0 Å². The van der Waals surface area contributed by atoms with E-state index in [-0.39, 0.29) is 23.6 Å². The van der Waals surface area contributed by atoms with Crippen molar-refractivity contribution in [2.75, 3.05) is 13.6 Å². The van der Waals surface area contributed by atoms with Gasteiger partial charge in [0, 0.05) is 19.5 Å². The summed E-state index contributed by atoms with van der Waals surface area (Å²) in [5.41, 5.74) is -2.98. The van der Waals surface area contributed by atoms with Gasteiger partial charge in [-0.05, 0) is 42.7 Å². The lowest BCUT2D eigenvalue weighted by Gasteiger charge is -2.30. The van der Waals surface area contributed by atoms with Crippen molar-refractivity contribution in [3.63, 3.8) is 0 Å². The summed E-state index contributed by atoms with van der Waals surface area (Å²) < 4.78 is 85.1. The zero-order chi connectivity index (χ0) is 24.2. The molecule has 1 aliphatic carbocycles. The zero-order valence-corrected chi connectivity index (χ0v) is 17.8. The third-order valence-corrected chi connectivity index (χ3v) is 6.52. The van der Waals surface area contributed by atoms with Crippen LogP contribution in [0, 0.1) is 5.92 Å². The third-order valence-electron chi connectivity index (χ3n) is 6.52. The number of hydrogen-bond acceptors (Lipinski definition) is 3. The summed E-state index contributed by atoms with van der Waals surface area (Å²) in [4.78, 5) is 13.9. The average Bonchev–Trinajstić information content (AvgIpc) is 3.34. The molecule has 2 aliphatic rings. The molecule has 0 spiro atoms. The molecule has 1 aliphatic heterocycles. The second-order valence-corrected chi connectivity index (χ2v) is 8.60. The lowest BCUT2D eigenvalue weighted by atomic mass is 9.99. The molecule has 10 heteroatoms. The van der Waals surface area contributed by atoms with Crippen molar-refractivity contribution in [3.05, 3.63) is 70.8 Å². The number of fused-ring (bicyclic) bond motifs is 1. The van der Waals surface area contributed by atoms with E-state index in [9.17, 15) is 31.1 Å². The minimum atomic E-state index is -4.96. The third kappa shape index (κ3) is 4.40. The Morgan fingerprint density at radius 3 is 2.15 bits per heavy atom. The summed E-state index contributed by atoms with van der Waals surface area (Å²) in [5.74, 6) is 0.0979. The largest absolute Gasteiger partial charge is 0.440 e. The maximum Gasteiger partial charge on any atom is 0.416 e. The average molecular weight is 472 g/mol. The van der Waals surface area contributed by atoms with Gasteiger partial charge in [0.05, 0.1) is 23.2 Å². The number of carbonyl (C=O) groups is 1. The molecule has 1 unspecified atom stereocenters. The summed E-state index contributed by atoms with van der Waals surface area (Å²) >= 11 is 0. The molecule has 1 heterocycles. The Labute approximate surface area is 186 Å². The zero-order valence-electron chi connectivity index (χ0n) is 17.8. The number of carbonyl (C=O) groups excluding carboxylic acids is 1. The van der Waals surface area contributed by atoms with Crippen LogP contribution < -0.4 is 5.32 Å². The van der Waals surface area contributed by atoms with Crippen LogP contribution in [-0.4, -0.2) is 30.2 Å². The van der Waals surface area contributed by atoms with Crippen molar-refractivity contribution in [1.82, 2.24) is 10.2 Å². The first-order valence-corrected chi connectivity index (χ1v) is 10.4. The van der Waals surface area contributed by atoms with Crippen LogP contribution in [0.3, 0.4) is 0 Å². The molecule has 0 aromatic heterocycles. The quantitative estimate of drug-likeness (QED) is 0.559. The first-order chi connectivity index (χ1) is 15.3. The minimum Gasteiger partial charge on any atom is -0.440 e. The Hall–Kier alpha value is -2.75. The Morgan fingerprint density at radius 1 is 1.06 bits per heavy atom. The van der Waals surface area contributed by atoms with E-state index in [2.05, 4.69) is 5.32 Å². The lowest BCUT2D eigenvalue weighted by Crippen LogP contribution is -2.38. The molecule has 4 nitrogen and oxygen atoms in total. The van der Waals surface area contributed by atoms with E-state index >= 15 is 0 Å². The molecular formula is C23H22F6N2O2. The van der Waals surface area contributed by atoms with E-state index in [0.717, 1.165) is 10.5 Å². The van der Waals surface area contributed by atoms with Crippen molar-refractivity contribution in [2.24, 2.45) is 5.92 Å². The summed E-state index contributed by atoms with van der Waals surface area (Å²) in [6.45, 7) is 2.01. The maximum atomic E-state index is 13.2. The number of rotatable bonds is 4. The number of halogens is 6. The van der Waals surface area contributed by atoms with E-state index in [1.165, 1.54) is 14.0 Å². The monoisotopic (exact) mass is 472 g/mol. The number of ether oxygens (including phenoxy) is 1. The second kappa shape index (κ2) is 7.93. The van der Waals surface area contributed by atoms with Gasteiger partial charge in [0.15, 0.2) is 0 Å². The summed E-state index contributed by atoms with van der Waals surface area (Å²) in [5, 5.41) is 3.32. The molecule has 1 saturated carbocycles. The molecule has 178 valence electrons. The first-order valence-electron chi connectivity index (χ1n) is 10.4. The van der Waals surface area contributed by atoms with Gasteiger partial charge in [0.1, 0.15) is 5.60 Å². The predicted octanol–water partition coefficient (Wildman–Crippen LogP) is 5.96. The SMILES string of the molecule is C[C@@H](c1cc(C(F)(F)F)cc(C(F)(F)F)c1)N(C)C(=O)O[C@]12CC1CN[C@H]2c1ccccc1. The number of amides is 1. The highest BCUT2D eigenvalue weighted by Gasteiger charge is 2.67. The molecule has 0 radical (unpaired) electrons. The fourth-order valence-corrected chi connectivity index (χ4v) is 4.42. The first kappa shape index (κ1) is 23.4. The number of nitrogens with zero attached hydrogens (tertiary/aromatic N) is 1. The molecule has 0 bridgehead atoms. The smallest absolute Gasteiger partial charge is 0.416 e. The number of benzene rings is 2. The molecular weight excluding hydrogens is 450 g/mol. The predicted molar refractivity (Wildman–Crippen MR) is 107 cm³/mol. The second-order valence-electron chi connectivity index (χ2n) is 8.60. The van der Waals surface area contributed by atoms with Gasteiger partial charge in [-0.15, -0.1) is 0 Å². The molecule has 1 amide bonds. The van der Waals surface area contributed by atoms with Crippen molar-refractivity contribution >= 4 is 6.09 Å². The topological polar surface area (TPSA) is 41.6 Å². The van der Waals surface area contributed by atoms with Gasteiger partial charge < -0.3 is 15.0 Å². The lowest BCUT2D eigenvalue weighted by molar-refractivity contribution is -0.143. The van der Waals surface area contributed by atoms with Gasteiger partial charge in [-0.2, -0.15) is 26.3 Å². The van der Waals surface area contributed by atoms with E-state index in [1.807, 2.05) is 30.3 Å². The molecule has 2 aromatic carbocycles. The van der Waals surface area contributed by atoms with Gasteiger partial charge in [-0.25, -0.2) is 4.79 Å².